The Hall–Kier alpha value is -3.52. The van der Waals surface area contributed by atoms with E-state index in [1.54, 1.807) is 17.0 Å². The predicted octanol–water partition coefficient (Wildman–Crippen LogP) is 5.11. The molecule has 0 spiro atoms. The fourth-order valence-electron chi connectivity index (χ4n) is 3.85. The van der Waals surface area contributed by atoms with Gasteiger partial charge in [-0.1, -0.05) is 35.0 Å². The van der Waals surface area contributed by atoms with Crippen molar-refractivity contribution in [2.24, 2.45) is 0 Å². The summed E-state index contributed by atoms with van der Waals surface area (Å²) in [5, 5.41) is 7.19. The van der Waals surface area contributed by atoms with Crippen molar-refractivity contribution in [3.05, 3.63) is 77.1 Å². The first-order chi connectivity index (χ1) is 16.0. The normalized spacial score (nSPS) is 16.3. The third kappa shape index (κ3) is 4.96. The van der Waals surface area contributed by atoms with Gasteiger partial charge in [-0.2, -0.15) is 4.98 Å². The summed E-state index contributed by atoms with van der Waals surface area (Å²) in [4.78, 5) is 19.3. The highest BCUT2D eigenvalue weighted by molar-refractivity contribution is 5.86. The lowest BCUT2D eigenvalue weighted by molar-refractivity contribution is 0.136. The van der Waals surface area contributed by atoms with Gasteiger partial charge in [0, 0.05) is 31.0 Å². The van der Waals surface area contributed by atoms with Crippen molar-refractivity contribution in [2.45, 2.75) is 33.2 Å². The van der Waals surface area contributed by atoms with Crippen molar-refractivity contribution in [3.63, 3.8) is 0 Å². The smallest absolute Gasteiger partial charge is 0.322 e. The molecule has 8 heteroatoms. The molecule has 2 heterocycles. The Bertz CT molecular complexity index is 1140. The van der Waals surface area contributed by atoms with Gasteiger partial charge < -0.3 is 14.6 Å². The molecular weight excluding hydrogens is 423 g/mol. The Labute approximate surface area is 192 Å². The Kier molecular flexibility index (Phi) is 6.84. The van der Waals surface area contributed by atoms with E-state index in [2.05, 4.69) is 15.5 Å². The minimum Gasteiger partial charge on any atom is -0.382 e. The summed E-state index contributed by atoms with van der Waals surface area (Å²) in [6.07, 6.45) is 0.700. The van der Waals surface area contributed by atoms with Gasteiger partial charge in [-0.25, -0.2) is 9.18 Å². The van der Waals surface area contributed by atoms with Gasteiger partial charge in [-0.05, 0) is 57.0 Å². The molecule has 0 saturated carbocycles. The van der Waals surface area contributed by atoms with Crippen LogP contribution in [0.5, 0.6) is 0 Å². The van der Waals surface area contributed by atoms with Gasteiger partial charge in [0.2, 0.25) is 5.82 Å². The van der Waals surface area contributed by atoms with E-state index in [0.717, 1.165) is 22.4 Å². The molecular formula is C25H27FN4O3. The maximum Gasteiger partial charge on any atom is 0.322 e. The van der Waals surface area contributed by atoms with Gasteiger partial charge in [0.1, 0.15) is 5.82 Å². The predicted molar refractivity (Wildman–Crippen MR) is 123 cm³/mol. The van der Waals surface area contributed by atoms with Gasteiger partial charge in [0.25, 0.3) is 5.89 Å². The molecule has 0 aliphatic carbocycles. The van der Waals surface area contributed by atoms with Crippen LogP contribution in [-0.2, 0) is 4.74 Å². The molecule has 1 atom stereocenters. The van der Waals surface area contributed by atoms with Crippen molar-refractivity contribution < 1.29 is 18.4 Å². The number of halogens is 1. The summed E-state index contributed by atoms with van der Waals surface area (Å²) in [7, 11) is 0. The van der Waals surface area contributed by atoms with E-state index in [1.807, 2.05) is 45.0 Å². The molecule has 3 aromatic rings. The van der Waals surface area contributed by atoms with Crippen LogP contribution in [0.25, 0.3) is 17.0 Å². The highest BCUT2D eigenvalue weighted by atomic mass is 19.1. The van der Waals surface area contributed by atoms with Crippen LogP contribution in [0.1, 0.15) is 43.3 Å². The van der Waals surface area contributed by atoms with E-state index in [1.165, 1.54) is 12.1 Å². The monoisotopic (exact) mass is 450 g/mol. The Morgan fingerprint density at radius 2 is 1.85 bits per heavy atom. The minimum atomic E-state index is -0.442. The quantitative estimate of drug-likeness (QED) is 0.483. The number of amides is 2. The van der Waals surface area contributed by atoms with Crippen LogP contribution in [0.15, 0.2) is 58.8 Å². The summed E-state index contributed by atoms with van der Waals surface area (Å²) in [5.41, 5.74) is 4.16. The van der Waals surface area contributed by atoms with Crippen LogP contribution in [0.4, 0.5) is 9.18 Å². The lowest BCUT2D eigenvalue weighted by atomic mass is 9.94. The van der Waals surface area contributed by atoms with Crippen LogP contribution >= 0.6 is 0 Å². The molecule has 172 valence electrons. The molecule has 0 saturated heterocycles. The highest BCUT2D eigenvalue weighted by Crippen LogP contribution is 2.37. The second-order valence-electron chi connectivity index (χ2n) is 7.92. The molecule has 1 N–H and O–H groups in total. The van der Waals surface area contributed by atoms with E-state index in [9.17, 15) is 9.18 Å². The van der Waals surface area contributed by atoms with E-state index in [0.29, 0.717) is 43.5 Å². The molecule has 0 radical (unpaired) electrons. The summed E-state index contributed by atoms with van der Waals surface area (Å²) in [6.45, 7) is 7.55. The summed E-state index contributed by atoms with van der Waals surface area (Å²) < 4.78 is 24.4. The molecule has 2 amide bonds. The van der Waals surface area contributed by atoms with Gasteiger partial charge >= 0.3 is 6.03 Å². The van der Waals surface area contributed by atoms with Gasteiger partial charge in [-0.15, -0.1) is 0 Å². The SMILES string of the molecule is CCOCCCN1C(=O)NC(c2ccc(C)cc2)C(c2nc(-c3ccc(F)cc3)no2)=C1C. The molecule has 1 aromatic heterocycles. The maximum absolute atomic E-state index is 13.3. The summed E-state index contributed by atoms with van der Waals surface area (Å²) in [5.74, 6) is 0.332. The summed E-state index contributed by atoms with van der Waals surface area (Å²) >= 11 is 0. The first kappa shape index (κ1) is 22.7. The average Bonchev–Trinajstić information content (AvgIpc) is 3.29. The van der Waals surface area contributed by atoms with Crippen LogP contribution in [0, 0.1) is 12.7 Å². The zero-order chi connectivity index (χ0) is 23.4. The molecule has 33 heavy (non-hydrogen) atoms. The van der Waals surface area contributed by atoms with Crippen LogP contribution in [0.3, 0.4) is 0 Å². The molecule has 4 rings (SSSR count). The minimum absolute atomic E-state index is 0.184. The topological polar surface area (TPSA) is 80.5 Å². The van der Waals surface area contributed by atoms with Gasteiger partial charge in [-0.3, -0.25) is 4.90 Å². The first-order valence-electron chi connectivity index (χ1n) is 11.0. The van der Waals surface area contributed by atoms with Crippen LogP contribution in [0.2, 0.25) is 0 Å². The van der Waals surface area contributed by atoms with Crippen molar-refractivity contribution in [3.8, 4) is 11.4 Å². The zero-order valence-corrected chi connectivity index (χ0v) is 19.0. The molecule has 0 bridgehead atoms. The zero-order valence-electron chi connectivity index (χ0n) is 19.0. The number of urea groups is 1. The Morgan fingerprint density at radius 1 is 1.12 bits per heavy atom. The van der Waals surface area contributed by atoms with E-state index >= 15 is 0 Å². The molecule has 1 aliphatic rings. The second kappa shape index (κ2) is 9.95. The number of allylic oxidation sites excluding steroid dienone is 1. The van der Waals surface area contributed by atoms with Crippen LogP contribution in [-0.4, -0.2) is 40.8 Å². The third-order valence-electron chi connectivity index (χ3n) is 5.64. The number of carbonyl (C=O) groups excluding carboxylic acids is 1. The Morgan fingerprint density at radius 3 is 2.55 bits per heavy atom. The lowest BCUT2D eigenvalue weighted by Gasteiger charge is -2.35. The van der Waals surface area contributed by atoms with E-state index < -0.39 is 6.04 Å². The standard InChI is InChI=1S/C25H27FN4O3/c1-4-32-15-5-14-30-17(3)21(22(27-25(30)31)18-8-6-16(2)7-9-18)24-28-23(29-33-24)19-10-12-20(26)13-11-19/h6-13,22H,4-5,14-15H2,1-3H3,(H,27,31). The Balaban J connectivity index is 1.73. The first-order valence-corrected chi connectivity index (χ1v) is 11.0. The largest absolute Gasteiger partial charge is 0.382 e. The lowest BCUT2D eigenvalue weighted by Crippen LogP contribution is -2.46. The van der Waals surface area contributed by atoms with Crippen LogP contribution < -0.4 is 5.32 Å². The van der Waals surface area contributed by atoms with Gasteiger partial charge in [0.05, 0.1) is 11.6 Å². The van der Waals surface area contributed by atoms with Gasteiger partial charge in [0.15, 0.2) is 0 Å². The molecule has 0 fully saturated rings. The number of rotatable bonds is 8. The number of nitrogens with zero attached hydrogens (tertiary/aromatic N) is 3. The van der Waals surface area contributed by atoms with E-state index in [4.69, 9.17) is 9.26 Å². The van der Waals surface area contributed by atoms with Crippen molar-refractivity contribution >= 4 is 11.6 Å². The molecule has 2 aromatic carbocycles. The number of carbonyl (C=O) groups is 1. The second-order valence-corrected chi connectivity index (χ2v) is 7.92. The molecule has 1 aliphatic heterocycles. The number of benzene rings is 2. The number of nitrogens with one attached hydrogen (secondary N) is 1. The number of ether oxygens (including phenoxy) is 1. The number of hydrogen-bond acceptors (Lipinski definition) is 5. The molecule has 1 unspecified atom stereocenters. The van der Waals surface area contributed by atoms with E-state index in [-0.39, 0.29) is 11.8 Å². The number of hydrogen-bond donors (Lipinski definition) is 1. The fourth-order valence-corrected chi connectivity index (χ4v) is 3.85. The molecule has 7 nitrogen and oxygen atoms in total. The average molecular weight is 451 g/mol. The highest BCUT2D eigenvalue weighted by Gasteiger charge is 2.35. The third-order valence-corrected chi connectivity index (χ3v) is 5.64. The fraction of sp³-hybridized carbons (Fsp3) is 0.320. The van der Waals surface area contributed by atoms with Crippen molar-refractivity contribution in [1.29, 1.82) is 0 Å². The van der Waals surface area contributed by atoms with Crippen molar-refractivity contribution in [2.75, 3.05) is 19.8 Å². The number of aryl methyl sites for hydroxylation is 1. The van der Waals surface area contributed by atoms with Crippen molar-refractivity contribution in [1.82, 2.24) is 20.4 Å². The number of aromatic nitrogens is 2. The maximum atomic E-state index is 13.3. The summed E-state index contributed by atoms with van der Waals surface area (Å²) in [6, 6.07) is 13.3.